The van der Waals surface area contributed by atoms with E-state index < -0.39 is 16.9 Å². The summed E-state index contributed by atoms with van der Waals surface area (Å²) in [5.41, 5.74) is -0.933. The van der Waals surface area contributed by atoms with Gasteiger partial charge in [-0.25, -0.2) is 0 Å². The zero-order valence-corrected chi connectivity index (χ0v) is 15.3. The SMILES string of the molecule is CC(C)(C)SCC(NC(=O)C(C)(C)C)C(=O)C(C)(C)C. The highest BCUT2D eigenvalue weighted by atomic mass is 32.2. The van der Waals surface area contributed by atoms with Crippen molar-refractivity contribution < 1.29 is 9.59 Å². The molecule has 0 spiro atoms. The van der Waals surface area contributed by atoms with E-state index in [1.54, 1.807) is 11.8 Å². The smallest absolute Gasteiger partial charge is 0.225 e. The van der Waals surface area contributed by atoms with Gasteiger partial charge in [0.1, 0.15) is 0 Å². The van der Waals surface area contributed by atoms with Gasteiger partial charge in [-0.05, 0) is 0 Å². The number of nitrogens with one attached hydrogen (secondary N) is 1. The highest BCUT2D eigenvalue weighted by molar-refractivity contribution is 8.00. The molecule has 0 rings (SSSR count). The summed E-state index contributed by atoms with van der Waals surface area (Å²) in [6.45, 7) is 17.6. The van der Waals surface area contributed by atoms with Crippen molar-refractivity contribution in [1.82, 2.24) is 5.32 Å². The first kappa shape index (κ1) is 19.5. The van der Waals surface area contributed by atoms with Crippen molar-refractivity contribution in [2.24, 2.45) is 10.8 Å². The molecule has 0 aromatic heterocycles. The van der Waals surface area contributed by atoms with E-state index in [0.717, 1.165) is 0 Å². The lowest BCUT2D eigenvalue weighted by molar-refractivity contribution is -0.135. The second-order valence-electron chi connectivity index (χ2n) is 8.31. The molecule has 0 aliphatic rings. The number of carbonyl (C=O) groups is 2. The van der Waals surface area contributed by atoms with Gasteiger partial charge in [0.15, 0.2) is 5.78 Å². The van der Waals surface area contributed by atoms with E-state index >= 15 is 0 Å². The van der Waals surface area contributed by atoms with Crippen LogP contribution in [0.2, 0.25) is 0 Å². The second kappa shape index (κ2) is 6.50. The maximum absolute atomic E-state index is 12.5. The van der Waals surface area contributed by atoms with Crippen LogP contribution in [-0.2, 0) is 9.59 Å². The third-order valence-corrected chi connectivity index (χ3v) is 4.09. The fourth-order valence-electron chi connectivity index (χ4n) is 1.41. The minimum absolute atomic E-state index is 0.0723. The molecule has 4 heteroatoms. The van der Waals surface area contributed by atoms with Gasteiger partial charge in [-0.3, -0.25) is 9.59 Å². The third kappa shape index (κ3) is 7.32. The first-order valence-electron chi connectivity index (χ1n) is 7.14. The molecule has 3 nitrogen and oxygen atoms in total. The quantitative estimate of drug-likeness (QED) is 0.862. The Kier molecular flexibility index (Phi) is 6.34. The highest BCUT2D eigenvalue weighted by Gasteiger charge is 2.34. The fraction of sp³-hybridized carbons (Fsp3) is 0.875. The number of thioether (sulfide) groups is 1. The van der Waals surface area contributed by atoms with Gasteiger partial charge in [0, 0.05) is 21.3 Å². The number of amides is 1. The number of ketones is 1. The summed E-state index contributed by atoms with van der Waals surface area (Å²) in [5.74, 6) is 0.628. The monoisotopic (exact) mass is 301 g/mol. The molecule has 0 radical (unpaired) electrons. The van der Waals surface area contributed by atoms with E-state index in [9.17, 15) is 9.59 Å². The second-order valence-corrected chi connectivity index (χ2v) is 10.2. The van der Waals surface area contributed by atoms with Gasteiger partial charge >= 0.3 is 0 Å². The lowest BCUT2D eigenvalue weighted by Gasteiger charge is -2.30. The number of carbonyl (C=O) groups excluding carboxylic acids is 2. The summed E-state index contributed by atoms with van der Waals surface area (Å²) in [7, 11) is 0. The van der Waals surface area contributed by atoms with Crippen LogP contribution in [0.5, 0.6) is 0 Å². The average Bonchev–Trinajstić information content (AvgIpc) is 2.18. The largest absolute Gasteiger partial charge is 0.345 e. The van der Waals surface area contributed by atoms with Gasteiger partial charge in [-0.15, -0.1) is 0 Å². The summed E-state index contributed by atoms with van der Waals surface area (Å²) < 4.78 is 0.0723. The predicted octanol–water partition coefficient (Wildman–Crippen LogP) is 3.66. The topological polar surface area (TPSA) is 46.2 Å². The Hall–Kier alpha value is -0.510. The molecular formula is C16H31NO2S. The lowest BCUT2D eigenvalue weighted by Crippen LogP contribution is -2.50. The fourth-order valence-corrected chi connectivity index (χ4v) is 2.32. The van der Waals surface area contributed by atoms with Crippen LogP contribution >= 0.6 is 11.8 Å². The molecule has 0 saturated heterocycles. The van der Waals surface area contributed by atoms with Gasteiger partial charge in [0.2, 0.25) is 5.91 Å². The Balaban J connectivity index is 4.99. The van der Waals surface area contributed by atoms with Crippen LogP contribution in [0.3, 0.4) is 0 Å². The Morgan fingerprint density at radius 1 is 0.900 bits per heavy atom. The summed E-state index contributed by atoms with van der Waals surface area (Å²) in [6.07, 6.45) is 0. The summed E-state index contributed by atoms with van der Waals surface area (Å²) in [5, 5.41) is 2.93. The van der Waals surface area contributed by atoms with Crippen LogP contribution in [-0.4, -0.2) is 28.2 Å². The molecule has 0 aliphatic carbocycles. The molecule has 0 aliphatic heterocycles. The predicted molar refractivity (Wildman–Crippen MR) is 88.1 cm³/mol. The van der Waals surface area contributed by atoms with Gasteiger partial charge in [0.05, 0.1) is 6.04 Å². The maximum Gasteiger partial charge on any atom is 0.225 e. The molecule has 1 unspecified atom stereocenters. The summed E-state index contributed by atoms with van der Waals surface area (Å²) in [4.78, 5) is 24.7. The average molecular weight is 301 g/mol. The van der Waals surface area contributed by atoms with E-state index in [2.05, 4.69) is 26.1 Å². The molecule has 118 valence electrons. The lowest BCUT2D eigenvalue weighted by atomic mass is 9.86. The number of rotatable bonds is 4. The normalized spacial score (nSPS) is 14.8. The molecule has 1 amide bonds. The summed E-state index contributed by atoms with van der Waals surface area (Å²) >= 11 is 1.70. The van der Waals surface area contributed by atoms with Crippen LogP contribution in [0.1, 0.15) is 62.3 Å². The Morgan fingerprint density at radius 3 is 1.65 bits per heavy atom. The molecule has 0 fully saturated rings. The molecule has 0 aromatic rings. The molecule has 0 heterocycles. The van der Waals surface area contributed by atoms with E-state index in [1.807, 2.05) is 41.5 Å². The van der Waals surface area contributed by atoms with Gasteiger partial charge in [-0.1, -0.05) is 62.3 Å². The van der Waals surface area contributed by atoms with E-state index in [0.29, 0.717) is 5.75 Å². The van der Waals surface area contributed by atoms with Crippen molar-refractivity contribution in [3.05, 3.63) is 0 Å². The third-order valence-electron chi connectivity index (χ3n) is 2.73. The van der Waals surface area contributed by atoms with E-state index in [4.69, 9.17) is 0 Å². The zero-order chi connectivity index (χ0) is 16.4. The standard InChI is InChI=1S/C16H31NO2S/c1-14(2,3)12(18)11(10-20-16(7,8)9)17-13(19)15(4,5)6/h11H,10H2,1-9H3,(H,17,19). The first-order chi connectivity index (χ1) is 8.64. The molecule has 1 N–H and O–H groups in total. The van der Waals surface area contributed by atoms with Crippen LogP contribution in [0, 0.1) is 10.8 Å². The minimum atomic E-state index is -0.483. The van der Waals surface area contributed by atoms with Gasteiger partial charge in [0.25, 0.3) is 0 Å². The molecule has 20 heavy (non-hydrogen) atoms. The van der Waals surface area contributed by atoms with Crippen LogP contribution < -0.4 is 5.32 Å². The Labute approximate surface area is 128 Å². The van der Waals surface area contributed by atoms with Gasteiger partial charge < -0.3 is 5.32 Å². The van der Waals surface area contributed by atoms with Crippen LogP contribution in [0.4, 0.5) is 0 Å². The zero-order valence-electron chi connectivity index (χ0n) is 14.5. The number of hydrogen-bond donors (Lipinski definition) is 1. The minimum Gasteiger partial charge on any atom is -0.345 e. The van der Waals surface area contributed by atoms with Crippen molar-refractivity contribution in [1.29, 1.82) is 0 Å². The number of hydrogen-bond acceptors (Lipinski definition) is 3. The van der Waals surface area contributed by atoms with Crippen molar-refractivity contribution in [3.63, 3.8) is 0 Å². The number of Topliss-reactive ketones (excluding diaryl/α,β-unsaturated/α-hetero) is 1. The maximum atomic E-state index is 12.5. The molecular weight excluding hydrogens is 270 g/mol. The first-order valence-corrected chi connectivity index (χ1v) is 8.12. The Bertz CT molecular complexity index is 356. The highest BCUT2D eigenvalue weighted by Crippen LogP contribution is 2.27. The molecule has 1 atom stereocenters. The van der Waals surface area contributed by atoms with Gasteiger partial charge in [-0.2, -0.15) is 11.8 Å². The van der Waals surface area contributed by atoms with Crippen molar-refractivity contribution >= 4 is 23.5 Å². The van der Waals surface area contributed by atoms with Crippen LogP contribution in [0.15, 0.2) is 0 Å². The van der Waals surface area contributed by atoms with Crippen LogP contribution in [0.25, 0.3) is 0 Å². The molecule has 0 bridgehead atoms. The Morgan fingerprint density at radius 2 is 1.35 bits per heavy atom. The summed E-state index contributed by atoms with van der Waals surface area (Å²) in [6, 6.07) is -0.425. The molecule has 0 aromatic carbocycles. The van der Waals surface area contributed by atoms with Crippen molar-refractivity contribution in [3.8, 4) is 0 Å². The van der Waals surface area contributed by atoms with Crippen molar-refractivity contribution in [2.75, 3.05) is 5.75 Å². The van der Waals surface area contributed by atoms with E-state index in [1.165, 1.54) is 0 Å². The molecule has 0 saturated carbocycles. The van der Waals surface area contributed by atoms with Crippen molar-refractivity contribution in [2.45, 2.75) is 73.1 Å². The van der Waals surface area contributed by atoms with E-state index in [-0.39, 0.29) is 16.4 Å².